The molecular formula is C31H37N3O4S. The molecule has 7 nitrogen and oxygen atoms in total. The molecule has 1 aromatic heterocycles. The summed E-state index contributed by atoms with van der Waals surface area (Å²) in [5.74, 6) is 0.869. The summed E-state index contributed by atoms with van der Waals surface area (Å²) in [7, 11) is -3.80. The van der Waals surface area contributed by atoms with E-state index in [4.69, 9.17) is 4.52 Å². The molecule has 3 heterocycles. The number of amides is 1. The molecule has 2 aliphatic rings. The molecule has 3 aromatic rings. The van der Waals surface area contributed by atoms with E-state index in [0.29, 0.717) is 37.5 Å². The van der Waals surface area contributed by atoms with Crippen LogP contribution in [0.1, 0.15) is 53.8 Å². The molecule has 8 heteroatoms. The van der Waals surface area contributed by atoms with Crippen LogP contribution in [0.15, 0.2) is 64.0 Å². The van der Waals surface area contributed by atoms with E-state index < -0.39 is 10.0 Å². The SMILES string of the molecule is Cc1ccc(C=Cc2onc(C)c2S(=O)(=O)N2CCC(C(=O)N3CCC(Cc4ccccc4)CC3)CC2)cc1. The smallest absolute Gasteiger partial charge is 0.248 e. The highest BCUT2D eigenvalue weighted by molar-refractivity contribution is 7.89. The third-order valence-electron chi connectivity index (χ3n) is 8.03. The van der Waals surface area contributed by atoms with Gasteiger partial charge in [-0.1, -0.05) is 71.4 Å². The molecule has 0 atom stereocenters. The topological polar surface area (TPSA) is 83.7 Å². The van der Waals surface area contributed by atoms with E-state index in [1.54, 1.807) is 13.0 Å². The maximum Gasteiger partial charge on any atom is 0.248 e. The van der Waals surface area contributed by atoms with Crippen LogP contribution in [0.5, 0.6) is 0 Å². The summed E-state index contributed by atoms with van der Waals surface area (Å²) in [4.78, 5) is 15.4. The molecule has 2 aliphatic heterocycles. The van der Waals surface area contributed by atoms with Gasteiger partial charge in [-0.25, -0.2) is 8.42 Å². The van der Waals surface area contributed by atoms with E-state index in [1.165, 1.54) is 9.87 Å². The predicted octanol–water partition coefficient (Wildman–Crippen LogP) is 5.34. The lowest BCUT2D eigenvalue weighted by Gasteiger charge is -2.37. The Morgan fingerprint density at radius 2 is 1.59 bits per heavy atom. The minimum Gasteiger partial charge on any atom is -0.355 e. The Balaban J connectivity index is 1.17. The van der Waals surface area contributed by atoms with Crippen LogP contribution >= 0.6 is 0 Å². The van der Waals surface area contributed by atoms with Crippen molar-refractivity contribution in [3.63, 3.8) is 0 Å². The lowest BCUT2D eigenvalue weighted by atomic mass is 9.89. The molecule has 2 saturated heterocycles. The van der Waals surface area contributed by atoms with E-state index in [2.05, 4.69) is 29.4 Å². The Bertz CT molecular complexity index is 1400. The molecule has 2 aromatic carbocycles. The number of benzene rings is 2. The molecular weight excluding hydrogens is 510 g/mol. The average molecular weight is 548 g/mol. The molecule has 2 fully saturated rings. The Hall–Kier alpha value is -3.23. The van der Waals surface area contributed by atoms with Crippen molar-refractivity contribution >= 4 is 28.1 Å². The molecule has 39 heavy (non-hydrogen) atoms. The van der Waals surface area contributed by atoms with E-state index >= 15 is 0 Å². The number of carbonyl (C=O) groups is 1. The van der Waals surface area contributed by atoms with Crippen molar-refractivity contribution in [1.29, 1.82) is 0 Å². The van der Waals surface area contributed by atoms with Crippen LogP contribution in [0.25, 0.3) is 12.2 Å². The van der Waals surface area contributed by atoms with Crippen molar-refractivity contribution in [1.82, 2.24) is 14.4 Å². The molecule has 0 bridgehead atoms. The Morgan fingerprint density at radius 3 is 2.26 bits per heavy atom. The van der Waals surface area contributed by atoms with Crippen molar-refractivity contribution in [2.24, 2.45) is 11.8 Å². The highest BCUT2D eigenvalue weighted by Crippen LogP contribution is 2.31. The van der Waals surface area contributed by atoms with Gasteiger partial charge in [0.2, 0.25) is 15.9 Å². The lowest BCUT2D eigenvalue weighted by Crippen LogP contribution is -2.46. The van der Waals surface area contributed by atoms with Gasteiger partial charge < -0.3 is 9.42 Å². The molecule has 1 amide bonds. The zero-order chi connectivity index (χ0) is 27.4. The third kappa shape index (κ3) is 6.34. The number of nitrogens with zero attached hydrogens (tertiary/aromatic N) is 3. The minimum atomic E-state index is -3.80. The summed E-state index contributed by atoms with van der Waals surface area (Å²) in [6.45, 7) is 5.86. The van der Waals surface area contributed by atoms with Gasteiger partial charge in [0.25, 0.3) is 0 Å². The number of carbonyl (C=O) groups excluding carboxylic acids is 1. The Kier molecular flexibility index (Phi) is 8.33. The summed E-state index contributed by atoms with van der Waals surface area (Å²) in [6, 6.07) is 18.5. The number of piperidine rings is 2. The fourth-order valence-electron chi connectivity index (χ4n) is 5.68. The van der Waals surface area contributed by atoms with E-state index in [0.717, 1.165) is 43.5 Å². The van der Waals surface area contributed by atoms with Gasteiger partial charge in [0.05, 0.1) is 0 Å². The van der Waals surface area contributed by atoms with E-state index in [-0.39, 0.29) is 22.5 Å². The summed E-state index contributed by atoms with van der Waals surface area (Å²) in [6.07, 6.45) is 7.63. The Labute approximate surface area is 231 Å². The molecule has 206 valence electrons. The van der Waals surface area contributed by atoms with Crippen LogP contribution in [-0.4, -0.2) is 54.9 Å². The quantitative estimate of drug-likeness (QED) is 0.399. The number of aryl methyl sites for hydroxylation is 2. The van der Waals surface area contributed by atoms with Crippen LogP contribution in [-0.2, 0) is 21.2 Å². The van der Waals surface area contributed by atoms with Crippen molar-refractivity contribution in [3.8, 4) is 0 Å². The zero-order valence-corrected chi connectivity index (χ0v) is 23.6. The summed E-state index contributed by atoms with van der Waals surface area (Å²) in [5, 5.41) is 3.95. The average Bonchev–Trinajstić information content (AvgIpc) is 3.34. The molecule has 0 N–H and O–H groups in total. The molecule has 0 unspecified atom stereocenters. The normalized spacial score (nSPS) is 18.2. The number of hydrogen-bond acceptors (Lipinski definition) is 5. The fourth-order valence-corrected chi connectivity index (χ4v) is 7.40. The number of rotatable bonds is 7. The van der Waals surface area contributed by atoms with Crippen molar-refractivity contribution < 1.29 is 17.7 Å². The van der Waals surface area contributed by atoms with Gasteiger partial charge in [0.15, 0.2) is 10.7 Å². The van der Waals surface area contributed by atoms with Crippen LogP contribution in [0.4, 0.5) is 0 Å². The number of hydrogen-bond donors (Lipinski definition) is 0. The van der Waals surface area contributed by atoms with Gasteiger partial charge in [-0.3, -0.25) is 4.79 Å². The maximum absolute atomic E-state index is 13.6. The second-order valence-corrected chi connectivity index (χ2v) is 12.7. The molecule has 0 radical (unpaired) electrons. The highest BCUT2D eigenvalue weighted by Gasteiger charge is 2.37. The van der Waals surface area contributed by atoms with Gasteiger partial charge in [0, 0.05) is 32.1 Å². The zero-order valence-electron chi connectivity index (χ0n) is 22.8. The van der Waals surface area contributed by atoms with Crippen molar-refractivity contribution in [2.75, 3.05) is 26.2 Å². The lowest BCUT2D eigenvalue weighted by molar-refractivity contribution is -0.138. The van der Waals surface area contributed by atoms with E-state index in [1.807, 2.05) is 48.2 Å². The van der Waals surface area contributed by atoms with Gasteiger partial charge >= 0.3 is 0 Å². The van der Waals surface area contributed by atoms with Gasteiger partial charge in [0.1, 0.15) is 5.69 Å². The Morgan fingerprint density at radius 1 is 0.923 bits per heavy atom. The van der Waals surface area contributed by atoms with Crippen LogP contribution in [0.2, 0.25) is 0 Å². The first-order valence-corrected chi connectivity index (χ1v) is 15.3. The predicted molar refractivity (Wildman–Crippen MR) is 152 cm³/mol. The van der Waals surface area contributed by atoms with Crippen molar-refractivity contribution in [3.05, 3.63) is 82.7 Å². The second kappa shape index (κ2) is 11.9. The highest BCUT2D eigenvalue weighted by atomic mass is 32.2. The summed E-state index contributed by atoms with van der Waals surface area (Å²) >= 11 is 0. The maximum atomic E-state index is 13.6. The molecule has 0 spiro atoms. The first kappa shape index (κ1) is 27.3. The monoisotopic (exact) mass is 547 g/mol. The standard InChI is InChI=1S/C31H37N3O4S/c1-23-8-10-25(11-9-23)12-13-29-30(24(2)32-38-29)39(36,37)34-20-16-28(17-21-34)31(35)33-18-14-27(15-19-33)22-26-6-4-3-5-7-26/h3-13,27-28H,14-22H2,1-2H3. The van der Waals surface area contributed by atoms with Crippen LogP contribution < -0.4 is 0 Å². The largest absolute Gasteiger partial charge is 0.355 e. The molecule has 5 rings (SSSR count). The first-order valence-electron chi connectivity index (χ1n) is 13.8. The summed E-state index contributed by atoms with van der Waals surface area (Å²) < 4.78 is 34.1. The molecule has 0 aliphatic carbocycles. The van der Waals surface area contributed by atoms with Gasteiger partial charge in [-0.15, -0.1) is 0 Å². The molecule has 0 saturated carbocycles. The third-order valence-corrected chi connectivity index (χ3v) is 10.1. The number of aromatic nitrogens is 1. The second-order valence-electron chi connectivity index (χ2n) is 10.8. The first-order chi connectivity index (χ1) is 18.8. The summed E-state index contributed by atoms with van der Waals surface area (Å²) in [5.41, 5.74) is 3.80. The number of sulfonamides is 1. The van der Waals surface area contributed by atoms with Gasteiger partial charge in [-0.2, -0.15) is 4.31 Å². The fraction of sp³-hybridized carbons (Fsp3) is 0.419. The van der Waals surface area contributed by atoms with Crippen LogP contribution in [0.3, 0.4) is 0 Å². The van der Waals surface area contributed by atoms with Crippen molar-refractivity contribution in [2.45, 2.75) is 50.8 Å². The number of likely N-dealkylation sites (tertiary alicyclic amines) is 1. The van der Waals surface area contributed by atoms with E-state index in [9.17, 15) is 13.2 Å². The minimum absolute atomic E-state index is 0.108. The van der Waals surface area contributed by atoms with Gasteiger partial charge in [-0.05, 0) is 69.1 Å². The van der Waals surface area contributed by atoms with Crippen LogP contribution in [0, 0.1) is 25.7 Å².